The lowest BCUT2D eigenvalue weighted by molar-refractivity contribution is -0.155. The minimum absolute atomic E-state index is 0.00648. The van der Waals surface area contributed by atoms with Crippen LogP contribution >= 0.6 is 0 Å². The zero-order valence-corrected chi connectivity index (χ0v) is 50.1. The summed E-state index contributed by atoms with van der Waals surface area (Å²) < 4.78 is 42.5. The SMILES string of the molecule is CCc1nc(C)oc1C(=O)Nc1nc2cc(C(N)=O)cc(OC)c2n1C/C=C/Cn1c(NC(=O)c2oc(C)nc2CC)nc2cc(C(N)=O)cc(OCCCOC(=O)[C@@H](C)NC(=O)CNC(=O)[C@@H](CCC(=O)OC(C)(C)C)NC(=O)OC(C)(C)C)c21. The van der Waals surface area contributed by atoms with Crippen LogP contribution in [0.5, 0.6) is 11.5 Å². The highest BCUT2D eigenvalue weighted by Crippen LogP contribution is 2.34. The third-order valence-electron chi connectivity index (χ3n) is 12.3. The van der Waals surface area contributed by atoms with E-state index in [2.05, 4.69) is 41.5 Å². The molecule has 2 aromatic carbocycles. The number of esters is 2. The highest BCUT2D eigenvalue weighted by atomic mass is 16.6. The monoisotopic (exact) mass is 1200 g/mol. The zero-order chi connectivity index (χ0) is 63.4. The van der Waals surface area contributed by atoms with Crippen molar-refractivity contribution < 1.29 is 75.7 Å². The van der Waals surface area contributed by atoms with Crippen molar-refractivity contribution in [3.05, 3.63) is 82.2 Å². The van der Waals surface area contributed by atoms with Crippen LogP contribution in [0.2, 0.25) is 0 Å². The number of anilines is 2. The number of fused-ring (bicyclic) bond motifs is 2. The molecule has 29 heteroatoms. The summed E-state index contributed by atoms with van der Waals surface area (Å²) in [5, 5.41) is 12.9. The molecule has 29 nitrogen and oxygen atoms in total. The third-order valence-corrected chi connectivity index (χ3v) is 12.3. The predicted molar refractivity (Wildman–Crippen MR) is 309 cm³/mol. The molecule has 0 aliphatic rings. The number of carbonyl (C=O) groups excluding carboxylic acids is 9. The lowest BCUT2D eigenvalue weighted by Gasteiger charge is -2.24. The van der Waals surface area contributed by atoms with Crippen molar-refractivity contribution in [3.63, 3.8) is 0 Å². The number of ether oxygens (including phenoxy) is 5. The topological polar surface area (TPSA) is 400 Å². The fourth-order valence-corrected chi connectivity index (χ4v) is 8.56. The molecule has 0 aliphatic heterocycles. The van der Waals surface area contributed by atoms with Gasteiger partial charge >= 0.3 is 18.0 Å². The second-order valence-corrected chi connectivity index (χ2v) is 21.5. The number of methoxy groups -OCH3 is 1. The van der Waals surface area contributed by atoms with Crippen molar-refractivity contribution >= 4 is 87.4 Å². The molecule has 86 heavy (non-hydrogen) atoms. The van der Waals surface area contributed by atoms with E-state index in [1.165, 1.54) is 38.3 Å². The Balaban J connectivity index is 1.19. The lowest BCUT2D eigenvalue weighted by atomic mass is 10.1. The summed E-state index contributed by atoms with van der Waals surface area (Å²) in [6.45, 7) is 17.2. The highest BCUT2D eigenvalue weighted by Gasteiger charge is 2.29. The summed E-state index contributed by atoms with van der Waals surface area (Å²) in [6.07, 6.45) is 2.97. The maximum Gasteiger partial charge on any atom is 0.408 e. The molecule has 6 aromatic rings. The zero-order valence-electron chi connectivity index (χ0n) is 50.1. The maximum atomic E-state index is 13.9. The van der Waals surface area contributed by atoms with Crippen molar-refractivity contribution in [1.29, 1.82) is 0 Å². The molecular weight excluding hydrogens is 1120 g/mol. The van der Waals surface area contributed by atoms with Gasteiger partial charge in [-0.3, -0.25) is 44.2 Å². The summed E-state index contributed by atoms with van der Waals surface area (Å²) in [6, 6.07) is 3.25. The van der Waals surface area contributed by atoms with E-state index < -0.39 is 83.3 Å². The van der Waals surface area contributed by atoms with E-state index in [4.69, 9.17) is 49.0 Å². The van der Waals surface area contributed by atoms with Gasteiger partial charge in [-0.1, -0.05) is 26.0 Å². The Morgan fingerprint density at radius 3 is 1.66 bits per heavy atom. The molecule has 2 atom stereocenters. The van der Waals surface area contributed by atoms with E-state index in [0.717, 1.165) is 0 Å². The predicted octanol–water partition coefficient (Wildman–Crippen LogP) is 5.02. The number of hydrogen-bond donors (Lipinski definition) is 7. The highest BCUT2D eigenvalue weighted by molar-refractivity contribution is 6.05. The first-order valence-electron chi connectivity index (χ1n) is 27.5. The third kappa shape index (κ3) is 17.4. The van der Waals surface area contributed by atoms with Gasteiger partial charge in [0, 0.05) is 50.9 Å². The van der Waals surface area contributed by atoms with Gasteiger partial charge in [-0.25, -0.2) is 29.5 Å². The molecule has 0 saturated carbocycles. The van der Waals surface area contributed by atoms with Crippen LogP contribution in [0.4, 0.5) is 16.7 Å². The normalized spacial score (nSPS) is 12.3. The molecule has 462 valence electrons. The van der Waals surface area contributed by atoms with Crippen LogP contribution in [0.15, 0.2) is 45.3 Å². The molecule has 6 rings (SSSR count). The molecule has 0 spiro atoms. The number of benzene rings is 2. The number of oxazole rings is 2. The number of nitrogens with zero attached hydrogens (tertiary/aromatic N) is 6. The van der Waals surface area contributed by atoms with E-state index in [1.807, 2.05) is 13.8 Å². The number of alkyl carbamates (subject to hydrolysis) is 1. The van der Waals surface area contributed by atoms with Crippen LogP contribution in [-0.2, 0) is 59.3 Å². The smallest absolute Gasteiger partial charge is 0.408 e. The van der Waals surface area contributed by atoms with Crippen LogP contribution in [0, 0.1) is 13.8 Å². The van der Waals surface area contributed by atoms with E-state index in [1.54, 1.807) is 76.7 Å². The summed E-state index contributed by atoms with van der Waals surface area (Å²) in [4.78, 5) is 135. The molecule has 0 aliphatic carbocycles. The summed E-state index contributed by atoms with van der Waals surface area (Å²) >= 11 is 0. The van der Waals surface area contributed by atoms with Gasteiger partial charge in [0.25, 0.3) is 11.8 Å². The lowest BCUT2D eigenvalue weighted by Crippen LogP contribution is -2.51. The van der Waals surface area contributed by atoms with Gasteiger partial charge < -0.3 is 69.1 Å². The van der Waals surface area contributed by atoms with Gasteiger partial charge in [-0.15, -0.1) is 0 Å². The van der Waals surface area contributed by atoms with Crippen LogP contribution < -0.4 is 47.5 Å². The number of nitrogens with two attached hydrogens (primary N) is 2. The van der Waals surface area contributed by atoms with E-state index in [9.17, 15) is 43.2 Å². The molecule has 4 aromatic heterocycles. The summed E-state index contributed by atoms with van der Waals surface area (Å²) in [5.41, 5.74) is 11.8. The van der Waals surface area contributed by atoms with Crippen LogP contribution in [0.1, 0.15) is 147 Å². The minimum Gasteiger partial charge on any atom is -0.494 e. The Morgan fingerprint density at radius 2 is 1.19 bits per heavy atom. The van der Waals surface area contributed by atoms with E-state index in [0.29, 0.717) is 41.2 Å². The van der Waals surface area contributed by atoms with Gasteiger partial charge in [-0.05, 0) is 92.0 Å². The number of aryl methyl sites for hydroxylation is 4. The number of carbonyl (C=O) groups is 9. The average Bonchev–Trinajstić information content (AvgIpc) is 1.76. The molecule has 0 fully saturated rings. The fraction of sp³-hybridized carbons (Fsp3) is 0.456. The number of hydrogen-bond acceptors (Lipinski definition) is 20. The first-order valence-corrected chi connectivity index (χ1v) is 27.5. The molecule has 7 amide bonds. The van der Waals surface area contributed by atoms with E-state index in [-0.39, 0.29) is 109 Å². The first-order chi connectivity index (χ1) is 40.5. The largest absolute Gasteiger partial charge is 0.494 e. The van der Waals surface area contributed by atoms with E-state index >= 15 is 0 Å². The van der Waals surface area contributed by atoms with Crippen molar-refractivity contribution in [2.45, 2.75) is 145 Å². The number of nitrogens with one attached hydrogen (secondary N) is 5. The van der Waals surface area contributed by atoms with Crippen LogP contribution in [0.25, 0.3) is 22.1 Å². The Morgan fingerprint density at radius 1 is 0.686 bits per heavy atom. The number of aromatic nitrogens is 6. The minimum atomic E-state index is -1.29. The van der Waals surface area contributed by atoms with Crippen LogP contribution in [-0.4, -0.2) is 133 Å². The number of imidazole rings is 2. The average molecular weight is 1200 g/mol. The molecule has 0 unspecified atom stereocenters. The molecule has 9 N–H and O–H groups in total. The number of rotatable bonds is 27. The van der Waals surface area contributed by atoms with Gasteiger partial charge in [-0.2, -0.15) is 0 Å². The number of primary amides is 2. The molecule has 0 saturated heterocycles. The number of allylic oxidation sites excluding steroid dienone is 2. The fourth-order valence-electron chi connectivity index (χ4n) is 8.56. The second kappa shape index (κ2) is 28.2. The molecule has 4 heterocycles. The van der Waals surface area contributed by atoms with Crippen LogP contribution in [0.3, 0.4) is 0 Å². The molecule has 0 radical (unpaired) electrons. The first kappa shape index (κ1) is 65.3. The quantitative estimate of drug-likeness (QED) is 0.0154. The summed E-state index contributed by atoms with van der Waals surface area (Å²) in [7, 11) is 1.40. The van der Waals surface area contributed by atoms with Gasteiger partial charge in [0.05, 0.1) is 49.3 Å². The summed E-state index contributed by atoms with van der Waals surface area (Å²) in [5.74, 6) is -5.01. The number of amides is 7. The standard InChI is InChI=1S/C57H73N13O16/c1-13-34-45(83-30(4)62-34)50(76)67-53-64-37-24-32(47(58)73)26-39(80-12)43(37)69(53)20-15-16-21-70-44-38(65-54(70)68-51(77)46-35(14-2)63-31(5)84-46)25-33(48(59)74)27-40(44)81-22-17-23-82-52(78)29(3)61-41(71)28-60-49(75)36(66-55(79)86-57(9,10)11)18-19-42(72)85-56(6,7)8/h15-16,24-27,29,36H,13-14,17-23,28H2,1-12H3,(H2,58,73)(H2,59,74)(H,60,75)(H,61,71)(H,66,79)(H,64,67,76)(H,65,68,77)/b16-15+/t29-,36-/m1/s1. The Bertz CT molecular complexity index is 3580. The Labute approximate surface area is 494 Å². The van der Waals surface area contributed by atoms with Crippen molar-refractivity contribution in [1.82, 2.24) is 45.0 Å². The van der Waals surface area contributed by atoms with Gasteiger partial charge in [0.1, 0.15) is 45.8 Å². The van der Waals surface area contributed by atoms with Gasteiger partial charge in [0.15, 0.2) is 11.8 Å². The second-order valence-electron chi connectivity index (χ2n) is 21.5. The van der Waals surface area contributed by atoms with Crippen molar-refractivity contribution in [2.75, 3.05) is 37.5 Å². The van der Waals surface area contributed by atoms with Crippen molar-refractivity contribution in [2.24, 2.45) is 11.5 Å². The molecule has 0 bridgehead atoms. The van der Waals surface area contributed by atoms with Gasteiger partial charge in [0.2, 0.25) is 47.0 Å². The maximum absolute atomic E-state index is 13.9. The Hall–Kier alpha value is -9.83. The Kier molecular flexibility index (Phi) is 21.4. The van der Waals surface area contributed by atoms with Crippen molar-refractivity contribution in [3.8, 4) is 11.5 Å². The molecular formula is C57H73N13O16.